The molecule has 2 heteroatoms. The van der Waals surface area contributed by atoms with Gasteiger partial charge in [-0.3, -0.25) is 0 Å². The quantitative estimate of drug-likeness (QED) is 0.902. The maximum Gasteiger partial charge on any atom is 0.0427 e. The second-order valence-corrected chi connectivity index (χ2v) is 6.30. The summed E-state index contributed by atoms with van der Waals surface area (Å²) in [5.41, 5.74) is 10.4. The molecule has 19 heavy (non-hydrogen) atoms. The lowest BCUT2D eigenvalue weighted by Gasteiger charge is -2.25. The predicted molar refractivity (Wildman–Crippen MR) is 82.3 cm³/mol. The number of nitrogens with two attached hydrogens (primary N) is 1. The molecule has 2 nitrogen and oxygen atoms in total. The van der Waals surface area contributed by atoms with Crippen molar-refractivity contribution in [3.63, 3.8) is 0 Å². The molecule has 0 bridgehead atoms. The van der Waals surface area contributed by atoms with Crippen LogP contribution in [0.15, 0.2) is 18.2 Å². The van der Waals surface area contributed by atoms with Crippen molar-refractivity contribution >= 4 is 0 Å². The molecule has 1 aliphatic heterocycles. The van der Waals surface area contributed by atoms with E-state index >= 15 is 0 Å². The first-order valence-electron chi connectivity index (χ1n) is 7.61. The van der Waals surface area contributed by atoms with Gasteiger partial charge in [0.15, 0.2) is 0 Å². The van der Waals surface area contributed by atoms with Gasteiger partial charge in [-0.2, -0.15) is 0 Å². The standard InChI is InChI=1S/C17H28N2/c1-13-5-4-9-19(10-8-13)12-17(18)16-11-14(2)6-7-15(16)3/h6-7,11,13,17H,4-5,8-10,12,18H2,1-3H3. The molecule has 0 saturated carbocycles. The van der Waals surface area contributed by atoms with Gasteiger partial charge in [0.2, 0.25) is 0 Å². The maximum absolute atomic E-state index is 6.44. The van der Waals surface area contributed by atoms with E-state index in [1.807, 2.05) is 0 Å². The summed E-state index contributed by atoms with van der Waals surface area (Å²) >= 11 is 0. The summed E-state index contributed by atoms with van der Waals surface area (Å²) in [6.45, 7) is 10.1. The number of hydrogen-bond acceptors (Lipinski definition) is 2. The Bertz CT molecular complexity index is 414. The van der Waals surface area contributed by atoms with E-state index in [2.05, 4.69) is 43.9 Å². The molecule has 2 N–H and O–H groups in total. The second kappa shape index (κ2) is 6.53. The number of rotatable bonds is 3. The smallest absolute Gasteiger partial charge is 0.0427 e. The van der Waals surface area contributed by atoms with Crippen molar-refractivity contribution < 1.29 is 0 Å². The Morgan fingerprint density at radius 1 is 1.26 bits per heavy atom. The molecule has 0 radical (unpaired) electrons. The normalized spacial score (nSPS) is 23.1. The Labute approximate surface area is 118 Å². The lowest BCUT2D eigenvalue weighted by atomic mass is 9.99. The fourth-order valence-electron chi connectivity index (χ4n) is 3.04. The summed E-state index contributed by atoms with van der Waals surface area (Å²) in [6, 6.07) is 6.75. The van der Waals surface area contributed by atoms with Crippen LogP contribution in [-0.2, 0) is 0 Å². The van der Waals surface area contributed by atoms with Crippen molar-refractivity contribution in [1.29, 1.82) is 0 Å². The molecule has 2 rings (SSSR count). The minimum absolute atomic E-state index is 0.147. The van der Waals surface area contributed by atoms with E-state index in [4.69, 9.17) is 5.73 Å². The third kappa shape index (κ3) is 4.05. The molecule has 1 saturated heterocycles. The fourth-order valence-corrected chi connectivity index (χ4v) is 3.04. The Morgan fingerprint density at radius 2 is 2.05 bits per heavy atom. The predicted octanol–water partition coefficient (Wildman–Crippen LogP) is 3.43. The van der Waals surface area contributed by atoms with Crippen molar-refractivity contribution in [3.8, 4) is 0 Å². The van der Waals surface area contributed by atoms with Crippen LogP contribution in [0.1, 0.15) is 48.9 Å². The number of hydrogen-bond donors (Lipinski definition) is 1. The highest BCUT2D eigenvalue weighted by Crippen LogP contribution is 2.21. The highest BCUT2D eigenvalue weighted by molar-refractivity contribution is 5.33. The third-order valence-electron chi connectivity index (χ3n) is 4.40. The zero-order valence-electron chi connectivity index (χ0n) is 12.7. The average molecular weight is 260 g/mol. The summed E-state index contributed by atoms with van der Waals surface area (Å²) in [5.74, 6) is 0.877. The molecule has 1 aromatic rings. The van der Waals surface area contributed by atoms with Crippen molar-refractivity contribution in [2.75, 3.05) is 19.6 Å². The molecule has 1 aliphatic rings. The van der Waals surface area contributed by atoms with Gasteiger partial charge in [0.25, 0.3) is 0 Å². The maximum atomic E-state index is 6.44. The molecule has 0 aromatic heterocycles. The molecule has 2 atom stereocenters. The molecular weight excluding hydrogens is 232 g/mol. The number of aryl methyl sites for hydroxylation is 2. The minimum atomic E-state index is 0.147. The number of benzene rings is 1. The van der Waals surface area contributed by atoms with Crippen LogP contribution >= 0.6 is 0 Å². The van der Waals surface area contributed by atoms with Gasteiger partial charge in [-0.25, -0.2) is 0 Å². The van der Waals surface area contributed by atoms with Gasteiger partial charge >= 0.3 is 0 Å². The zero-order chi connectivity index (χ0) is 13.8. The summed E-state index contributed by atoms with van der Waals surface area (Å²) in [4.78, 5) is 2.55. The number of nitrogens with zero attached hydrogens (tertiary/aromatic N) is 1. The minimum Gasteiger partial charge on any atom is -0.323 e. The van der Waals surface area contributed by atoms with E-state index in [1.54, 1.807) is 0 Å². The molecule has 0 spiro atoms. The largest absolute Gasteiger partial charge is 0.323 e. The molecule has 106 valence electrons. The fraction of sp³-hybridized carbons (Fsp3) is 0.647. The van der Waals surface area contributed by atoms with E-state index < -0.39 is 0 Å². The Hall–Kier alpha value is -0.860. The molecule has 1 heterocycles. The van der Waals surface area contributed by atoms with Crippen LogP contribution in [0.25, 0.3) is 0 Å². The van der Waals surface area contributed by atoms with Crippen LogP contribution in [0.5, 0.6) is 0 Å². The van der Waals surface area contributed by atoms with Crippen LogP contribution in [0.4, 0.5) is 0 Å². The van der Waals surface area contributed by atoms with E-state index in [-0.39, 0.29) is 6.04 Å². The highest BCUT2D eigenvalue weighted by atomic mass is 15.1. The first-order chi connectivity index (χ1) is 9.06. The summed E-state index contributed by atoms with van der Waals surface area (Å²) < 4.78 is 0. The topological polar surface area (TPSA) is 29.3 Å². The van der Waals surface area contributed by atoms with Crippen LogP contribution in [-0.4, -0.2) is 24.5 Å². The Balaban J connectivity index is 2.00. The average Bonchev–Trinajstić information content (AvgIpc) is 2.57. The molecular formula is C17H28N2. The summed E-state index contributed by atoms with van der Waals surface area (Å²) in [5, 5.41) is 0. The van der Waals surface area contributed by atoms with Crippen LogP contribution < -0.4 is 5.73 Å². The number of likely N-dealkylation sites (tertiary alicyclic amines) is 1. The Morgan fingerprint density at radius 3 is 2.84 bits per heavy atom. The van der Waals surface area contributed by atoms with Gasteiger partial charge < -0.3 is 10.6 Å². The first-order valence-corrected chi connectivity index (χ1v) is 7.61. The van der Waals surface area contributed by atoms with Gasteiger partial charge in [-0.1, -0.05) is 30.7 Å². The van der Waals surface area contributed by atoms with Gasteiger partial charge in [0.1, 0.15) is 0 Å². The monoisotopic (exact) mass is 260 g/mol. The second-order valence-electron chi connectivity index (χ2n) is 6.30. The lowest BCUT2D eigenvalue weighted by molar-refractivity contribution is 0.264. The highest BCUT2D eigenvalue weighted by Gasteiger charge is 2.17. The third-order valence-corrected chi connectivity index (χ3v) is 4.40. The van der Waals surface area contributed by atoms with Gasteiger partial charge in [0.05, 0.1) is 0 Å². The van der Waals surface area contributed by atoms with Gasteiger partial charge in [-0.05, 0) is 63.2 Å². The van der Waals surface area contributed by atoms with E-state index in [1.165, 1.54) is 49.0 Å². The van der Waals surface area contributed by atoms with Crippen molar-refractivity contribution in [3.05, 3.63) is 34.9 Å². The van der Waals surface area contributed by atoms with E-state index in [9.17, 15) is 0 Å². The van der Waals surface area contributed by atoms with Crippen molar-refractivity contribution in [1.82, 2.24) is 4.90 Å². The molecule has 0 amide bonds. The molecule has 2 unspecified atom stereocenters. The zero-order valence-corrected chi connectivity index (χ0v) is 12.7. The Kier molecular flexibility index (Phi) is 5.00. The van der Waals surface area contributed by atoms with Gasteiger partial charge in [-0.15, -0.1) is 0 Å². The summed E-state index contributed by atoms with van der Waals surface area (Å²) in [7, 11) is 0. The summed E-state index contributed by atoms with van der Waals surface area (Å²) in [6.07, 6.45) is 4.01. The van der Waals surface area contributed by atoms with E-state index in [0.717, 1.165) is 12.5 Å². The van der Waals surface area contributed by atoms with Crippen molar-refractivity contribution in [2.45, 2.75) is 46.1 Å². The van der Waals surface area contributed by atoms with Crippen LogP contribution in [0.2, 0.25) is 0 Å². The van der Waals surface area contributed by atoms with Gasteiger partial charge in [0, 0.05) is 12.6 Å². The van der Waals surface area contributed by atoms with Crippen molar-refractivity contribution in [2.24, 2.45) is 11.7 Å². The molecule has 0 aliphatic carbocycles. The van der Waals surface area contributed by atoms with E-state index in [0.29, 0.717) is 0 Å². The lowest BCUT2D eigenvalue weighted by Crippen LogP contribution is -2.33. The first kappa shape index (κ1) is 14.5. The molecule has 1 fully saturated rings. The van der Waals surface area contributed by atoms with Crippen LogP contribution in [0, 0.1) is 19.8 Å². The molecule has 1 aromatic carbocycles. The SMILES string of the molecule is Cc1ccc(C)c(C(N)CN2CCCC(C)CC2)c1. The van der Waals surface area contributed by atoms with Crippen LogP contribution in [0.3, 0.4) is 0 Å².